The van der Waals surface area contributed by atoms with Crippen molar-refractivity contribution in [3.05, 3.63) is 30.3 Å². The third-order valence-corrected chi connectivity index (χ3v) is 2.05. The summed E-state index contributed by atoms with van der Waals surface area (Å²) in [7, 11) is 0. The van der Waals surface area contributed by atoms with Gasteiger partial charge in [-0.2, -0.15) is 5.26 Å². The Kier molecular flexibility index (Phi) is 2.07. The minimum Gasteiger partial charge on any atom is -0.308 e. The van der Waals surface area contributed by atoms with E-state index in [4.69, 9.17) is 5.26 Å². The highest BCUT2D eigenvalue weighted by Gasteiger charge is 2.38. The summed E-state index contributed by atoms with van der Waals surface area (Å²) in [6, 6.07) is 10.8. The highest BCUT2D eigenvalue weighted by molar-refractivity contribution is 5.91. The van der Waals surface area contributed by atoms with Gasteiger partial charge in [-0.1, -0.05) is 18.2 Å². The van der Waals surface area contributed by atoms with Crippen LogP contribution in [0.5, 0.6) is 0 Å². The molecule has 0 aromatic heterocycles. The number of hydrogen-bond acceptors (Lipinski definition) is 2. The number of rotatable bonds is 1. The van der Waals surface area contributed by atoms with Gasteiger partial charge in [0.1, 0.15) is 6.04 Å². The molecule has 0 radical (unpaired) electrons. The highest BCUT2D eigenvalue weighted by atomic mass is 16.2. The Labute approximate surface area is 81.7 Å². The van der Waals surface area contributed by atoms with Crippen LogP contribution in [0.15, 0.2) is 30.3 Å². The van der Waals surface area contributed by atoms with Gasteiger partial charge in [0.05, 0.1) is 12.6 Å². The third-order valence-electron chi connectivity index (χ3n) is 2.05. The summed E-state index contributed by atoms with van der Waals surface area (Å²) >= 11 is 0. The Balaban J connectivity index is 1.94. The summed E-state index contributed by atoms with van der Waals surface area (Å²) in [6.07, 6.45) is 0. The smallest absolute Gasteiger partial charge is 0.308 e. The van der Waals surface area contributed by atoms with Crippen molar-refractivity contribution < 1.29 is 4.79 Å². The van der Waals surface area contributed by atoms with Crippen molar-refractivity contribution in [1.29, 1.82) is 5.26 Å². The molecule has 1 N–H and O–H groups in total. The Hall–Kier alpha value is -2.02. The average Bonchev–Trinajstić information content (AvgIpc) is 2.98. The second kappa shape index (κ2) is 3.38. The fourth-order valence-electron chi connectivity index (χ4n) is 1.19. The van der Waals surface area contributed by atoms with Gasteiger partial charge >= 0.3 is 6.03 Å². The van der Waals surface area contributed by atoms with Crippen LogP contribution >= 0.6 is 0 Å². The molecule has 1 saturated heterocycles. The predicted octanol–water partition coefficient (Wildman–Crippen LogP) is 1.43. The van der Waals surface area contributed by atoms with Gasteiger partial charge in [0, 0.05) is 5.69 Å². The highest BCUT2D eigenvalue weighted by Crippen LogP contribution is 2.18. The van der Waals surface area contributed by atoms with Crippen molar-refractivity contribution in [2.24, 2.45) is 0 Å². The monoisotopic (exact) mass is 187 g/mol. The van der Waals surface area contributed by atoms with Crippen LogP contribution in [0, 0.1) is 11.3 Å². The van der Waals surface area contributed by atoms with E-state index in [1.807, 2.05) is 36.4 Å². The molecule has 0 bridgehead atoms. The van der Waals surface area contributed by atoms with Gasteiger partial charge < -0.3 is 10.2 Å². The Morgan fingerprint density at radius 1 is 1.50 bits per heavy atom. The van der Waals surface area contributed by atoms with E-state index in [0.29, 0.717) is 6.54 Å². The third kappa shape index (κ3) is 1.67. The first-order valence-corrected chi connectivity index (χ1v) is 4.33. The van der Waals surface area contributed by atoms with Crippen LogP contribution in [-0.4, -0.2) is 23.5 Å². The minimum absolute atomic E-state index is 0.206. The standard InChI is InChI=1S/C10H9N3O/c11-6-9-7-13(9)10(14)12-8-4-2-1-3-5-8/h1-5,9H,7H2,(H,12,14)/t9-,13?/m0/s1. The van der Waals surface area contributed by atoms with Crippen molar-refractivity contribution in [2.75, 3.05) is 11.9 Å². The van der Waals surface area contributed by atoms with Gasteiger partial charge in [0.15, 0.2) is 0 Å². The molecule has 14 heavy (non-hydrogen) atoms. The SMILES string of the molecule is N#C[C@H]1CN1C(=O)Nc1ccccc1. The van der Waals surface area contributed by atoms with Gasteiger partial charge in [-0.3, -0.25) is 0 Å². The number of para-hydroxylation sites is 1. The molecule has 1 fully saturated rings. The van der Waals surface area contributed by atoms with E-state index in [-0.39, 0.29) is 12.1 Å². The lowest BCUT2D eigenvalue weighted by Crippen LogP contribution is -2.20. The number of amides is 2. The molecule has 70 valence electrons. The average molecular weight is 187 g/mol. The number of anilines is 1. The van der Waals surface area contributed by atoms with Gasteiger partial charge in [-0.15, -0.1) is 0 Å². The maximum Gasteiger partial charge on any atom is 0.323 e. The van der Waals surface area contributed by atoms with E-state index < -0.39 is 0 Å². The first-order chi connectivity index (χ1) is 6.81. The summed E-state index contributed by atoms with van der Waals surface area (Å²) < 4.78 is 0. The molecular weight excluding hydrogens is 178 g/mol. The second-order valence-electron chi connectivity index (χ2n) is 3.09. The quantitative estimate of drug-likeness (QED) is 0.676. The van der Waals surface area contributed by atoms with Crippen LogP contribution < -0.4 is 5.32 Å². The van der Waals surface area contributed by atoms with Gasteiger partial charge in [-0.05, 0) is 12.1 Å². The molecule has 4 heteroatoms. The van der Waals surface area contributed by atoms with Gasteiger partial charge in [0.25, 0.3) is 0 Å². The van der Waals surface area contributed by atoms with Gasteiger partial charge in [0.2, 0.25) is 0 Å². The largest absolute Gasteiger partial charge is 0.323 e. The predicted molar refractivity (Wildman–Crippen MR) is 51.6 cm³/mol. The minimum atomic E-state index is -0.237. The van der Waals surface area contributed by atoms with E-state index in [1.165, 1.54) is 4.90 Å². The summed E-state index contributed by atoms with van der Waals surface area (Å²) in [5.41, 5.74) is 0.751. The van der Waals surface area contributed by atoms with Crippen LogP contribution in [0.2, 0.25) is 0 Å². The molecule has 1 aliphatic heterocycles. The number of hydrogen-bond donors (Lipinski definition) is 1. The van der Waals surface area contributed by atoms with Crippen LogP contribution in [0.1, 0.15) is 0 Å². The molecule has 1 atom stereocenters. The van der Waals surface area contributed by atoms with E-state index in [9.17, 15) is 4.79 Å². The Morgan fingerprint density at radius 3 is 2.79 bits per heavy atom. The molecule has 1 aromatic rings. The molecule has 4 nitrogen and oxygen atoms in total. The van der Waals surface area contributed by atoms with Crippen molar-refractivity contribution in [1.82, 2.24) is 4.90 Å². The van der Waals surface area contributed by atoms with Crippen molar-refractivity contribution in [2.45, 2.75) is 6.04 Å². The number of carbonyl (C=O) groups is 1. The first kappa shape index (κ1) is 8.57. The maximum atomic E-state index is 11.4. The summed E-state index contributed by atoms with van der Waals surface area (Å²) in [5, 5.41) is 11.2. The summed E-state index contributed by atoms with van der Waals surface area (Å²) in [4.78, 5) is 12.9. The lowest BCUT2D eigenvalue weighted by Gasteiger charge is -2.04. The number of carbonyl (C=O) groups excluding carboxylic acids is 1. The molecule has 1 aliphatic rings. The molecule has 2 rings (SSSR count). The van der Waals surface area contributed by atoms with E-state index in [0.717, 1.165) is 5.69 Å². The number of nitrogens with zero attached hydrogens (tertiary/aromatic N) is 2. The number of benzene rings is 1. The zero-order valence-corrected chi connectivity index (χ0v) is 7.47. The van der Waals surface area contributed by atoms with E-state index in [1.54, 1.807) is 0 Å². The molecule has 0 saturated carbocycles. The normalized spacial score (nSPS) is 18.5. The van der Waals surface area contributed by atoms with E-state index >= 15 is 0 Å². The van der Waals surface area contributed by atoms with Crippen LogP contribution in [0.25, 0.3) is 0 Å². The Morgan fingerprint density at radius 2 is 2.21 bits per heavy atom. The lowest BCUT2D eigenvalue weighted by atomic mass is 10.3. The molecule has 0 spiro atoms. The molecule has 0 aliphatic carbocycles. The molecule has 1 aromatic carbocycles. The van der Waals surface area contributed by atoms with Gasteiger partial charge in [-0.25, -0.2) is 4.79 Å². The van der Waals surface area contributed by atoms with Crippen LogP contribution in [-0.2, 0) is 0 Å². The summed E-state index contributed by atoms with van der Waals surface area (Å²) in [5.74, 6) is 0. The molecule has 1 heterocycles. The molecule has 2 amide bonds. The van der Waals surface area contributed by atoms with Crippen molar-refractivity contribution in [3.63, 3.8) is 0 Å². The van der Waals surface area contributed by atoms with Crippen molar-refractivity contribution in [3.8, 4) is 6.07 Å². The molecular formula is C10H9N3O. The number of urea groups is 1. The topological polar surface area (TPSA) is 55.9 Å². The van der Waals surface area contributed by atoms with E-state index in [2.05, 4.69) is 5.32 Å². The zero-order valence-electron chi connectivity index (χ0n) is 7.47. The lowest BCUT2D eigenvalue weighted by molar-refractivity contribution is 0.241. The van der Waals surface area contributed by atoms with Crippen LogP contribution in [0.4, 0.5) is 10.5 Å². The van der Waals surface area contributed by atoms with Crippen molar-refractivity contribution >= 4 is 11.7 Å². The fraction of sp³-hybridized carbons (Fsp3) is 0.200. The Bertz CT molecular complexity index is 382. The first-order valence-electron chi connectivity index (χ1n) is 4.33. The summed E-state index contributed by atoms with van der Waals surface area (Å²) in [6.45, 7) is 0.537. The number of nitriles is 1. The fourth-order valence-corrected chi connectivity index (χ4v) is 1.19. The number of nitrogens with one attached hydrogen (secondary N) is 1. The zero-order chi connectivity index (χ0) is 9.97. The maximum absolute atomic E-state index is 11.4. The van der Waals surface area contributed by atoms with Crippen LogP contribution in [0.3, 0.4) is 0 Å². The second-order valence-corrected chi connectivity index (χ2v) is 3.09. The molecule has 0 unspecified atom stereocenters.